The van der Waals surface area contributed by atoms with Gasteiger partial charge in [0.2, 0.25) is 0 Å². The first-order valence-electron chi connectivity index (χ1n) is 7.09. The monoisotopic (exact) mass is 358 g/mol. The van der Waals surface area contributed by atoms with Crippen molar-refractivity contribution in [3.63, 3.8) is 0 Å². The Balaban J connectivity index is 2.00. The average molecular weight is 358 g/mol. The van der Waals surface area contributed by atoms with E-state index in [1.807, 2.05) is 0 Å². The van der Waals surface area contributed by atoms with Crippen molar-refractivity contribution in [3.05, 3.63) is 39.4 Å². The molecule has 1 saturated carbocycles. The van der Waals surface area contributed by atoms with E-state index < -0.39 is 23.3 Å². The molecular formula is C14H13F3N4O2S. The average Bonchev–Trinajstić information content (AvgIpc) is 3.31. The molecule has 128 valence electrons. The predicted octanol–water partition coefficient (Wildman–Crippen LogP) is 2.83. The molecule has 2 heterocycles. The summed E-state index contributed by atoms with van der Waals surface area (Å²) < 4.78 is 41.5. The lowest BCUT2D eigenvalue weighted by Gasteiger charge is -2.12. The first-order valence-corrected chi connectivity index (χ1v) is 7.91. The van der Waals surface area contributed by atoms with Crippen LogP contribution in [0, 0.1) is 0 Å². The number of nitrogens with zero attached hydrogens (tertiary/aromatic N) is 1. The summed E-state index contributed by atoms with van der Waals surface area (Å²) in [5, 5.41) is 5.21. The Morgan fingerprint density at radius 2 is 2.08 bits per heavy atom. The zero-order chi connectivity index (χ0) is 17.5. The summed E-state index contributed by atoms with van der Waals surface area (Å²) in [6.07, 6.45) is -2.97. The highest BCUT2D eigenvalue weighted by atomic mass is 32.1. The Bertz CT molecular complexity index is 839. The number of nitrogens with one attached hydrogen (secondary N) is 3. The van der Waals surface area contributed by atoms with E-state index in [1.54, 1.807) is 0 Å². The van der Waals surface area contributed by atoms with Crippen LogP contribution in [0.5, 0.6) is 0 Å². The number of aromatic amines is 1. The van der Waals surface area contributed by atoms with Gasteiger partial charge in [-0.05, 0) is 36.5 Å². The van der Waals surface area contributed by atoms with E-state index in [2.05, 4.69) is 20.0 Å². The van der Waals surface area contributed by atoms with Crippen molar-refractivity contribution in [2.45, 2.75) is 24.9 Å². The van der Waals surface area contributed by atoms with Crippen molar-refractivity contribution < 1.29 is 18.0 Å². The number of hydrogen-bond acceptors (Lipinski definition) is 5. The van der Waals surface area contributed by atoms with Gasteiger partial charge >= 0.3 is 6.18 Å². The minimum absolute atomic E-state index is 0.0243. The van der Waals surface area contributed by atoms with E-state index in [9.17, 15) is 22.8 Å². The third kappa shape index (κ3) is 3.28. The summed E-state index contributed by atoms with van der Waals surface area (Å²) in [6.45, 7) is 0. The molecule has 3 N–H and O–H groups in total. The van der Waals surface area contributed by atoms with Crippen LogP contribution >= 0.6 is 11.5 Å². The molecule has 0 saturated heterocycles. The quantitative estimate of drug-likeness (QED) is 0.784. The molecule has 1 aliphatic rings. The van der Waals surface area contributed by atoms with E-state index in [1.165, 1.54) is 13.1 Å². The predicted molar refractivity (Wildman–Crippen MR) is 82.8 cm³/mol. The van der Waals surface area contributed by atoms with Gasteiger partial charge in [0.05, 0.1) is 0 Å². The fraction of sp³-hybridized carbons (Fsp3) is 0.357. The lowest BCUT2D eigenvalue weighted by Crippen LogP contribution is -2.24. The zero-order valence-corrected chi connectivity index (χ0v) is 13.3. The fourth-order valence-corrected chi connectivity index (χ4v) is 2.96. The molecule has 0 spiro atoms. The number of carbonyl (C=O) groups excluding carboxylic acids is 1. The van der Waals surface area contributed by atoms with Crippen LogP contribution in [-0.2, 0) is 6.18 Å². The number of carbonyl (C=O) groups is 1. The second-order valence-electron chi connectivity index (χ2n) is 5.38. The second-order valence-corrected chi connectivity index (χ2v) is 6.20. The number of rotatable bonds is 4. The summed E-state index contributed by atoms with van der Waals surface area (Å²) in [6, 6.07) is 2.38. The number of anilines is 2. The standard InChI is InChI=1S/C14H13F3N4O2S/c1-18-11(22)10-12(23)21-24-13(10)19-7-4-8(6-2-3-6)20-9(5-7)14(15,16)17/h4-6H,2-3H2,1H3,(H,18,22)(H,19,20)(H,21,23). The van der Waals surface area contributed by atoms with Crippen LogP contribution in [0.4, 0.5) is 23.9 Å². The summed E-state index contributed by atoms with van der Waals surface area (Å²) in [4.78, 5) is 27.1. The largest absolute Gasteiger partial charge is 0.433 e. The minimum Gasteiger partial charge on any atom is -0.355 e. The number of aromatic nitrogens is 2. The molecule has 1 aliphatic carbocycles. The molecule has 0 bridgehead atoms. The molecule has 2 aromatic heterocycles. The van der Waals surface area contributed by atoms with Crippen LogP contribution < -0.4 is 16.2 Å². The summed E-state index contributed by atoms with van der Waals surface area (Å²) in [7, 11) is 1.36. The van der Waals surface area contributed by atoms with Crippen molar-refractivity contribution >= 4 is 28.1 Å². The molecule has 0 radical (unpaired) electrons. The van der Waals surface area contributed by atoms with Crippen molar-refractivity contribution in [3.8, 4) is 0 Å². The van der Waals surface area contributed by atoms with Gasteiger partial charge in [-0.25, -0.2) is 4.98 Å². The normalized spacial score (nSPS) is 14.5. The van der Waals surface area contributed by atoms with E-state index in [0.717, 1.165) is 30.4 Å². The highest BCUT2D eigenvalue weighted by Gasteiger charge is 2.35. The van der Waals surface area contributed by atoms with E-state index in [-0.39, 0.29) is 22.2 Å². The number of amides is 1. The van der Waals surface area contributed by atoms with Crippen LogP contribution in [-0.4, -0.2) is 22.3 Å². The van der Waals surface area contributed by atoms with Gasteiger partial charge in [0.1, 0.15) is 16.3 Å². The lowest BCUT2D eigenvalue weighted by atomic mass is 10.2. The van der Waals surface area contributed by atoms with Crippen LogP contribution in [0.1, 0.15) is 40.5 Å². The molecule has 3 rings (SSSR count). The molecule has 0 aromatic carbocycles. The van der Waals surface area contributed by atoms with Crippen LogP contribution in [0.2, 0.25) is 0 Å². The number of halogens is 3. The van der Waals surface area contributed by atoms with Crippen molar-refractivity contribution in [1.29, 1.82) is 0 Å². The van der Waals surface area contributed by atoms with Gasteiger partial charge in [-0.15, -0.1) is 0 Å². The summed E-state index contributed by atoms with van der Waals surface area (Å²) in [5.41, 5.74) is -1.27. The van der Waals surface area contributed by atoms with Gasteiger partial charge in [-0.1, -0.05) is 0 Å². The van der Waals surface area contributed by atoms with E-state index in [0.29, 0.717) is 5.69 Å². The van der Waals surface area contributed by atoms with Gasteiger partial charge in [0, 0.05) is 24.3 Å². The molecule has 0 atom stereocenters. The van der Waals surface area contributed by atoms with Gasteiger partial charge in [-0.2, -0.15) is 13.2 Å². The maximum Gasteiger partial charge on any atom is 0.433 e. The maximum atomic E-state index is 13.0. The lowest BCUT2D eigenvalue weighted by molar-refractivity contribution is -0.141. The van der Waals surface area contributed by atoms with Crippen LogP contribution in [0.25, 0.3) is 0 Å². The summed E-state index contributed by atoms with van der Waals surface area (Å²) >= 11 is 0.847. The van der Waals surface area contributed by atoms with Crippen molar-refractivity contribution in [2.75, 3.05) is 12.4 Å². The SMILES string of the molecule is CNC(=O)c1c(Nc2cc(C3CC3)nc(C(F)(F)F)c2)s[nH]c1=O. The topological polar surface area (TPSA) is 86.9 Å². The second kappa shape index (κ2) is 5.93. The smallest absolute Gasteiger partial charge is 0.355 e. The van der Waals surface area contributed by atoms with Gasteiger partial charge in [-0.3, -0.25) is 14.0 Å². The fourth-order valence-electron chi connectivity index (χ4n) is 2.21. The number of hydrogen-bond donors (Lipinski definition) is 3. The molecular weight excluding hydrogens is 345 g/mol. The third-order valence-corrected chi connectivity index (χ3v) is 4.34. The molecule has 1 fully saturated rings. The minimum atomic E-state index is -4.57. The molecule has 24 heavy (non-hydrogen) atoms. The Hall–Kier alpha value is -2.36. The Labute approximate surface area is 138 Å². The maximum absolute atomic E-state index is 13.0. The van der Waals surface area contributed by atoms with Gasteiger partial charge in [0.25, 0.3) is 11.5 Å². The first kappa shape index (κ1) is 16.5. The molecule has 0 unspecified atom stereocenters. The first-order chi connectivity index (χ1) is 11.3. The number of pyridine rings is 1. The number of H-pyrrole nitrogens is 1. The highest BCUT2D eigenvalue weighted by Crippen LogP contribution is 2.42. The summed E-state index contributed by atoms with van der Waals surface area (Å²) in [5.74, 6) is -0.594. The Morgan fingerprint density at radius 1 is 1.38 bits per heavy atom. The molecule has 0 aliphatic heterocycles. The third-order valence-electron chi connectivity index (χ3n) is 3.54. The number of alkyl halides is 3. The van der Waals surface area contributed by atoms with Crippen molar-refractivity contribution in [2.24, 2.45) is 0 Å². The van der Waals surface area contributed by atoms with Gasteiger partial charge < -0.3 is 10.6 Å². The van der Waals surface area contributed by atoms with Crippen LogP contribution in [0.15, 0.2) is 16.9 Å². The van der Waals surface area contributed by atoms with E-state index >= 15 is 0 Å². The van der Waals surface area contributed by atoms with Gasteiger partial charge in [0.15, 0.2) is 0 Å². The Morgan fingerprint density at radius 3 is 2.67 bits per heavy atom. The van der Waals surface area contributed by atoms with E-state index in [4.69, 9.17) is 0 Å². The molecule has 1 amide bonds. The Kier molecular flexibility index (Phi) is 4.08. The molecule has 10 heteroatoms. The zero-order valence-electron chi connectivity index (χ0n) is 12.5. The highest BCUT2D eigenvalue weighted by molar-refractivity contribution is 7.10. The van der Waals surface area contributed by atoms with Crippen molar-refractivity contribution in [1.82, 2.24) is 14.7 Å². The van der Waals surface area contributed by atoms with Crippen LogP contribution in [0.3, 0.4) is 0 Å². The molecule has 6 nitrogen and oxygen atoms in total. The molecule has 2 aromatic rings.